The average Bonchev–Trinajstić information content (AvgIpc) is 3.32. The molecule has 2 heterocycles. The molecule has 3 amide bonds. The third-order valence-corrected chi connectivity index (χ3v) is 9.55. The molecule has 4 N–H and O–H groups in total. The van der Waals surface area contributed by atoms with Crippen molar-refractivity contribution in [3.8, 4) is 0 Å². The zero-order chi connectivity index (χ0) is 27.9. The fourth-order valence-corrected chi connectivity index (χ4v) is 6.35. The van der Waals surface area contributed by atoms with Gasteiger partial charge in [-0.3, -0.25) is 4.79 Å². The van der Waals surface area contributed by atoms with Gasteiger partial charge in [-0.1, -0.05) is 66.5 Å². The summed E-state index contributed by atoms with van der Waals surface area (Å²) in [7, 11) is 0. The van der Waals surface area contributed by atoms with Gasteiger partial charge in [0.1, 0.15) is 6.04 Å². The third kappa shape index (κ3) is 7.45. The average molecular weight is 532 g/mol. The Kier molecular flexibility index (Phi) is 10.9. The van der Waals surface area contributed by atoms with Crippen LogP contribution in [-0.4, -0.2) is 73.2 Å². The lowest BCUT2D eigenvalue weighted by atomic mass is 9.61. The maximum Gasteiger partial charge on any atom is 0.318 e. The molecule has 3 rings (SSSR count). The number of carbonyl (C=O) groups excluding carboxylic acids is 2. The smallest absolute Gasteiger partial charge is 0.318 e. The highest BCUT2D eigenvalue weighted by Gasteiger charge is 2.47. The zero-order valence-corrected chi connectivity index (χ0v) is 24.4. The van der Waals surface area contributed by atoms with E-state index < -0.39 is 0 Å². The first-order chi connectivity index (χ1) is 18.1. The highest BCUT2D eigenvalue weighted by atomic mass is 16.5. The van der Waals surface area contributed by atoms with Crippen molar-refractivity contribution < 1.29 is 14.3 Å². The van der Waals surface area contributed by atoms with Crippen LogP contribution in [0, 0.1) is 23.2 Å². The van der Waals surface area contributed by atoms with Gasteiger partial charge in [0.2, 0.25) is 5.91 Å². The van der Waals surface area contributed by atoms with Crippen molar-refractivity contribution >= 4 is 11.9 Å². The minimum atomic E-state index is -0.327. The molecule has 3 fully saturated rings. The first kappa shape index (κ1) is 30.3. The maximum atomic E-state index is 13.0. The molecule has 0 aromatic heterocycles. The van der Waals surface area contributed by atoms with E-state index in [-0.39, 0.29) is 35.4 Å². The molecule has 2 saturated heterocycles. The topological polar surface area (TPSA) is 99.9 Å². The highest BCUT2D eigenvalue weighted by molar-refractivity contribution is 5.80. The van der Waals surface area contributed by atoms with Crippen molar-refractivity contribution in [1.82, 2.24) is 20.4 Å². The predicted molar refractivity (Wildman–Crippen MR) is 153 cm³/mol. The van der Waals surface area contributed by atoms with Gasteiger partial charge in [0, 0.05) is 31.0 Å². The summed E-state index contributed by atoms with van der Waals surface area (Å²) in [5.74, 6) is 1.08. The number of primary amides is 1. The van der Waals surface area contributed by atoms with E-state index in [2.05, 4.69) is 56.4 Å². The largest absolute Gasteiger partial charge is 0.382 e. The van der Waals surface area contributed by atoms with Crippen molar-refractivity contribution in [3.05, 3.63) is 24.6 Å². The van der Waals surface area contributed by atoms with Crippen molar-refractivity contribution in [1.29, 1.82) is 0 Å². The molecule has 1 aliphatic carbocycles. The lowest BCUT2D eigenvalue weighted by Gasteiger charge is -2.44. The number of carbonyl (C=O) groups is 2. The van der Waals surface area contributed by atoms with E-state index in [0.717, 1.165) is 49.5 Å². The number of ether oxygens (including phenoxy) is 1. The lowest BCUT2D eigenvalue weighted by Crippen LogP contribution is -2.52. The van der Waals surface area contributed by atoms with Crippen LogP contribution in [0.15, 0.2) is 24.6 Å². The highest BCUT2D eigenvalue weighted by Crippen LogP contribution is 2.50. The molecule has 1 saturated carbocycles. The Balaban J connectivity index is 1.62. The number of urea groups is 1. The molecule has 38 heavy (non-hydrogen) atoms. The summed E-state index contributed by atoms with van der Waals surface area (Å²) in [6, 6.07) is -0.602. The van der Waals surface area contributed by atoms with Gasteiger partial charge in [0.05, 0.1) is 25.8 Å². The summed E-state index contributed by atoms with van der Waals surface area (Å²) in [5.41, 5.74) is 7.66. The zero-order valence-electron chi connectivity index (χ0n) is 24.4. The number of nitrogens with zero attached hydrogens (tertiary/aromatic N) is 2. The number of unbranched alkanes of at least 4 members (excludes halogenated alkanes) is 2. The number of rotatable bonds is 14. The first-order valence-corrected chi connectivity index (χ1v) is 14.9. The van der Waals surface area contributed by atoms with Crippen LogP contribution in [-0.2, 0) is 9.53 Å². The van der Waals surface area contributed by atoms with Crippen LogP contribution in [0.25, 0.3) is 0 Å². The van der Waals surface area contributed by atoms with Gasteiger partial charge in [-0.2, -0.15) is 0 Å². The van der Waals surface area contributed by atoms with Gasteiger partial charge in [-0.15, -0.1) is 0 Å². The number of amides is 3. The Morgan fingerprint density at radius 1 is 1.13 bits per heavy atom. The molecule has 3 aliphatic rings. The van der Waals surface area contributed by atoms with Gasteiger partial charge in [-0.05, 0) is 48.9 Å². The fourth-order valence-electron chi connectivity index (χ4n) is 6.35. The molecule has 0 spiro atoms. The molecule has 8 heteroatoms. The standard InChI is InChI=1S/C30H53N5O3/c1-7-8-9-11-21(2)27(33-29(37)34-14-16-38-17-15-34)23(4)32-19-22(3)35-20-25(18-26(35)28(31)36)30(5,6)24-12-10-13-24/h21,24-27,32H,3-4,7-20H2,1-2,5-6H3,(H2,31,36)(H,33,37). The Morgan fingerprint density at radius 3 is 2.39 bits per heavy atom. The molecule has 216 valence electrons. The summed E-state index contributed by atoms with van der Waals surface area (Å²) >= 11 is 0. The summed E-state index contributed by atoms with van der Waals surface area (Å²) < 4.78 is 5.41. The minimum absolute atomic E-state index is 0.0724. The van der Waals surface area contributed by atoms with Crippen LogP contribution < -0.4 is 16.4 Å². The molecular formula is C30H53N5O3. The quantitative estimate of drug-likeness (QED) is 0.291. The van der Waals surface area contributed by atoms with E-state index in [4.69, 9.17) is 10.5 Å². The van der Waals surface area contributed by atoms with Gasteiger partial charge < -0.3 is 30.9 Å². The number of hydrogen-bond acceptors (Lipinski definition) is 5. The van der Waals surface area contributed by atoms with Crippen LogP contribution in [0.1, 0.15) is 79.1 Å². The molecule has 0 bridgehead atoms. The van der Waals surface area contributed by atoms with Gasteiger partial charge >= 0.3 is 6.03 Å². The van der Waals surface area contributed by atoms with Crippen LogP contribution in [0.3, 0.4) is 0 Å². The summed E-state index contributed by atoms with van der Waals surface area (Å²) in [6.07, 6.45) is 9.11. The number of hydrogen-bond donors (Lipinski definition) is 3. The Hall–Kier alpha value is -2.22. The van der Waals surface area contributed by atoms with E-state index in [1.807, 2.05) is 4.90 Å². The SMILES string of the molecule is C=C(NCC(=C)N1CC(C(C)(C)C2CCC2)CC1C(N)=O)C(NC(=O)N1CCOCC1)C(C)CCCCC. The summed E-state index contributed by atoms with van der Waals surface area (Å²) in [6.45, 7) is 21.4. The van der Waals surface area contributed by atoms with Crippen molar-refractivity contribution in [2.75, 3.05) is 39.4 Å². The predicted octanol–water partition coefficient (Wildman–Crippen LogP) is 4.23. The van der Waals surface area contributed by atoms with E-state index in [1.54, 1.807) is 0 Å². The van der Waals surface area contributed by atoms with Crippen molar-refractivity contribution in [2.45, 2.75) is 91.1 Å². The maximum absolute atomic E-state index is 13.0. The summed E-state index contributed by atoms with van der Waals surface area (Å²) in [4.78, 5) is 29.4. The monoisotopic (exact) mass is 531 g/mol. The normalized spacial score (nSPS) is 23.9. The Labute approximate surface area is 230 Å². The molecule has 0 aromatic carbocycles. The molecule has 2 aliphatic heterocycles. The van der Waals surface area contributed by atoms with Crippen molar-refractivity contribution in [2.24, 2.45) is 28.9 Å². The number of morpholine rings is 1. The minimum Gasteiger partial charge on any atom is -0.382 e. The Morgan fingerprint density at radius 2 is 1.82 bits per heavy atom. The van der Waals surface area contributed by atoms with Crippen molar-refractivity contribution in [3.63, 3.8) is 0 Å². The van der Waals surface area contributed by atoms with Gasteiger partial charge in [0.25, 0.3) is 0 Å². The Bertz CT molecular complexity index is 834. The second-order valence-corrected chi connectivity index (χ2v) is 12.4. The summed E-state index contributed by atoms with van der Waals surface area (Å²) in [5, 5.41) is 6.69. The second kappa shape index (κ2) is 13.7. The lowest BCUT2D eigenvalue weighted by molar-refractivity contribution is -0.121. The van der Waals surface area contributed by atoms with Crippen LogP contribution in [0.4, 0.5) is 4.79 Å². The van der Waals surface area contributed by atoms with Crippen LogP contribution in [0.2, 0.25) is 0 Å². The molecular weight excluding hydrogens is 478 g/mol. The molecule has 0 radical (unpaired) electrons. The number of nitrogens with one attached hydrogen (secondary N) is 2. The fraction of sp³-hybridized carbons (Fsp3) is 0.800. The van der Waals surface area contributed by atoms with Crippen LogP contribution in [0.5, 0.6) is 0 Å². The molecule has 0 aromatic rings. The number of likely N-dealkylation sites (tertiary alicyclic amines) is 1. The van der Waals surface area contributed by atoms with Gasteiger partial charge in [-0.25, -0.2) is 4.79 Å². The van der Waals surface area contributed by atoms with E-state index in [0.29, 0.717) is 38.8 Å². The van der Waals surface area contributed by atoms with E-state index >= 15 is 0 Å². The van der Waals surface area contributed by atoms with E-state index in [1.165, 1.54) is 25.7 Å². The third-order valence-electron chi connectivity index (χ3n) is 9.55. The van der Waals surface area contributed by atoms with E-state index in [9.17, 15) is 9.59 Å². The molecule has 4 unspecified atom stereocenters. The second-order valence-electron chi connectivity index (χ2n) is 12.4. The van der Waals surface area contributed by atoms with Crippen LogP contribution >= 0.6 is 0 Å². The van der Waals surface area contributed by atoms with Gasteiger partial charge in [0.15, 0.2) is 0 Å². The first-order valence-electron chi connectivity index (χ1n) is 14.9. The molecule has 8 nitrogen and oxygen atoms in total. The number of nitrogens with two attached hydrogens (primary N) is 1. The molecule has 4 atom stereocenters.